The van der Waals surface area contributed by atoms with Gasteiger partial charge in [0.05, 0.1) is 11.9 Å². The van der Waals surface area contributed by atoms with Gasteiger partial charge in [-0.05, 0) is 12.1 Å². The summed E-state index contributed by atoms with van der Waals surface area (Å²) in [7, 11) is 0. The summed E-state index contributed by atoms with van der Waals surface area (Å²) in [6, 6.07) is 5.48. The van der Waals surface area contributed by atoms with Crippen LogP contribution in [0.25, 0.3) is 10.7 Å². The van der Waals surface area contributed by atoms with Crippen LogP contribution in [0.15, 0.2) is 36.0 Å². The van der Waals surface area contributed by atoms with Crippen LogP contribution in [0.2, 0.25) is 0 Å². The summed E-state index contributed by atoms with van der Waals surface area (Å²) in [6.07, 6.45) is 3.28. The molecule has 2 N–H and O–H groups in total. The van der Waals surface area contributed by atoms with E-state index >= 15 is 0 Å². The number of anilines is 1. The summed E-state index contributed by atoms with van der Waals surface area (Å²) < 4.78 is 0. The van der Waals surface area contributed by atoms with Crippen LogP contribution in [-0.4, -0.2) is 26.1 Å². The summed E-state index contributed by atoms with van der Waals surface area (Å²) in [4.78, 5) is 21.2. The average molecular weight is 327 g/mol. The standard InChI is InChI=1S/C16H17N5OS/c1-16(2,3)12-6-4-5-10(19-12)14(22)20-11-9-18-21-13(11)15-17-7-8-23-15/h4-9H,1-3H3,(H,18,21)(H,20,22). The summed E-state index contributed by atoms with van der Waals surface area (Å²) in [6.45, 7) is 6.19. The molecule has 118 valence electrons. The number of aromatic amines is 1. The van der Waals surface area contributed by atoms with Crippen LogP contribution in [-0.2, 0) is 5.41 Å². The molecule has 0 aliphatic heterocycles. The van der Waals surface area contributed by atoms with Gasteiger partial charge in [-0.3, -0.25) is 9.89 Å². The monoisotopic (exact) mass is 327 g/mol. The Bertz CT molecular complexity index is 817. The molecule has 0 atom stereocenters. The number of aromatic nitrogens is 4. The second kappa shape index (κ2) is 5.92. The van der Waals surface area contributed by atoms with Gasteiger partial charge in [0.15, 0.2) is 0 Å². The van der Waals surface area contributed by atoms with Crippen molar-refractivity contribution in [1.82, 2.24) is 20.2 Å². The first kappa shape index (κ1) is 15.4. The van der Waals surface area contributed by atoms with Gasteiger partial charge in [-0.15, -0.1) is 11.3 Å². The van der Waals surface area contributed by atoms with E-state index in [1.54, 1.807) is 18.5 Å². The number of thiazole rings is 1. The Morgan fingerprint density at radius 3 is 2.83 bits per heavy atom. The van der Waals surface area contributed by atoms with E-state index in [1.807, 2.05) is 17.5 Å². The lowest BCUT2D eigenvalue weighted by Gasteiger charge is -2.18. The highest BCUT2D eigenvalue weighted by molar-refractivity contribution is 7.13. The maximum absolute atomic E-state index is 12.5. The lowest BCUT2D eigenvalue weighted by molar-refractivity contribution is 0.102. The fraction of sp³-hybridized carbons (Fsp3) is 0.250. The molecule has 7 heteroatoms. The van der Waals surface area contributed by atoms with E-state index < -0.39 is 0 Å². The number of pyridine rings is 1. The topological polar surface area (TPSA) is 83.6 Å². The van der Waals surface area contributed by atoms with Gasteiger partial charge < -0.3 is 5.32 Å². The molecule has 0 aliphatic rings. The fourth-order valence-corrected chi connectivity index (χ4v) is 2.70. The number of carbonyl (C=O) groups is 1. The van der Waals surface area contributed by atoms with Crippen LogP contribution < -0.4 is 5.32 Å². The highest BCUT2D eigenvalue weighted by Gasteiger charge is 2.19. The summed E-state index contributed by atoms with van der Waals surface area (Å²) >= 11 is 1.47. The zero-order valence-corrected chi connectivity index (χ0v) is 13.9. The molecule has 0 aliphatic carbocycles. The van der Waals surface area contributed by atoms with Crippen LogP contribution in [0, 0.1) is 0 Å². The molecule has 0 saturated heterocycles. The van der Waals surface area contributed by atoms with Crippen molar-refractivity contribution < 1.29 is 4.79 Å². The molecule has 3 aromatic heterocycles. The minimum absolute atomic E-state index is 0.113. The van der Waals surface area contributed by atoms with Gasteiger partial charge in [-0.2, -0.15) is 5.10 Å². The second-order valence-corrected chi connectivity index (χ2v) is 7.00. The zero-order valence-electron chi connectivity index (χ0n) is 13.1. The Kier molecular flexibility index (Phi) is 3.96. The molecule has 1 amide bonds. The second-order valence-electron chi connectivity index (χ2n) is 6.11. The third-order valence-electron chi connectivity index (χ3n) is 3.28. The number of carbonyl (C=O) groups excluding carboxylic acids is 1. The van der Waals surface area contributed by atoms with Crippen molar-refractivity contribution in [2.45, 2.75) is 26.2 Å². The van der Waals surface area contributed by atoms with E-state index in [2.05, 4.69) is 46.3 Å². The van der Waals surface area contributed by atoms with Crippen LogP contribution in [0.3, 0.4) is 0 Å². The fourth-order valence-electron chi connectivity index (χ4n) is 2.06. The van der Waals surface area contributed by atoms with Crippen molar-refractivity contribution in [3.63, 3.8) is 0 Å². The highest BCUT2D eigenvalue weighted by Crippen LogP contribution is 2.27. The zero-order chi connectivity index (χ0) is 16.4. The van der Waals surface area contributed by atoms with Crippen LogP contribution in [0.4, 0.5) is 5.69 Å². The number of H-pyrrole nitrogens is 1. The molecule has 0 bridgehead atoms. The Hall–Kier alpha value is -2.54. The van der Waals surface area contributed by atoms with Crippen molar-refractivity contribution in [2.75, 3.05) is 5.32 Å². The first-order valence-corrected chi connectivity index (χ1v) is 8.05. The van der Waals surface area contributed by atoms with Crippen LogP contribution in [0.5, 0.6) is 0 Å². The van der Waals surface area contributed by atoms with E-state index in [4.69, 9.17) is 0 Å². The maximum Gasteiger partial charge on any atom is 0.274 e. The number of nitrogens with one attached hydrogen (secondary N) is 2. The van der Waals surface area contributed by atoms with Gasteiger partial charge in [-0.1, -0.05) is 26.8 Å². The van der Waals surface area contributed by atoms with Gasteiger partial charge in [0, 0.05) is 22.7 Å². The van der Waals surface area contributed by atoms with Gasteiger partial charge in [0.2, 0.25) is 0 Å². The predicted molar refractivity (Wildman–Crippen MR) is 90.6 cm³/mol. The normalized spacial score (nSPS) is 11.4. The van der Waals surface area contributed by atoms with Gasteiger partial charge in [0.25, 0.3) is 5.91 Å². The molecule has 0 radical (unpaired) electrons. The molecule has 23 heavy (non-hydrogen) atoms. The Morgan fingerprint density at radius 1 is 1.30 bits per heavy atom. The molecule has 3 rings (SSSR count). The third-order valence-corrected chi connectivity index (χ3v) is 4.07. The largest absolute Gasteiger partial charge is 0.317 e. The number of nitrogens with zero attached hydrogens (tertiary/aromatic N) is 3. The first-order valence-electron chi connectivity index (χ1n) is 7.17. The molecule has 6 nitrogen and oxygen atoms in total. The van der Waals surface area contributed by atoms with E-state index in [9.17, 15) is 4.79 Å². The molecular weight excluding hydrogens is 310 g/mol. The van der Waals surface area contributed by atoms with Gasteiger partial charge in [0.1, 0.15) is 16.4 Å². The van der Waals surface area contributed by atoms with Crippen molar-refractivity contribution in [2.24, 2.45) is 0 Å². The summed E-state index contributed by atoms with van der Waals surface area (Å²) in [5.41, 5.74) is 2.42. The van der Waals surface area contributed by atoms with E-state index in [-0.39, 0.29) is 11.3 Å². The Morgan fingerprint density at radius 2 is 2.13 bits per heavy atom. The molecule has 0 unspecified atom stereocenters. The quantitative estimate of drug-likeness (QED) is 0.771. The molecule has 0 spiro atoms. The molecule has 0 fully saturated rings. The molecule has 0 saturated carbocycles. The van der Waals surface area contributed by atoms with Gasteiger partial charge in [-0.25, -0.2) is 9.97 Å². The predicted octanol–water partition coefficient (Wildman–Crippen LogP) is 3.48. The smallest absolute Gasteiger partial charge is 0.274 e. The van der Waals surface area contributed by atoms with E-state index in [1.165, 1.54) is 11.3 Å². The average Bonchev–Trinajstić information content (AvgIpc) is 3.17. The summed E-state index contributed by atoms with van der Waals surface area (Å²) in [5.74, 6) is -0.268. The Balaban J connectivity index is 1.85. The van der Waals surface area contributed by atoms with Crippen LogP contribution >= 0.6 is 11.3 Å². The van der Waals surface area contributed by atoms with Crippen molar-refractivity contribution >= 4 is 22.9 Å². The van der Waals surface area contributed by atoms with E-state index in [0.717, 1.165) is 10.7 Å². The minimum atomic E-state index is -0.268. The van der Waals surface area contributed by atoms with Crippen molar-refractivity contribution in [3.05, 3.63) is 47.4 Å². The number of rotatable bonds is 3. The first-order chi connectivity index (χ1) is 10.9. The summed E-state index contributed by atoms with van der Waals surface area (Å²) in [5, 5.41) is 12.3. The maximum atomic E-state index is 12.5. The molecule has 3 heterocycles. The van der Waals surface area contributed by atoms with Crippen molar-refractivity contribution in [1.29, 1.82) is 0 Å². The molecule has 3 aromatic rings. The van der Waals surface area contributed by atoms with Crippen LogP contribution in [0.1, 0.15) is 37.0 Å². The van der Waals surface area contributed by atoms with Crippen molar-refractivity contribution in [3.8, 4) is 10.7 Å². The third kappa shape index (κ3) is 3.29. The molecule has 0 aromatic carbocycles. The highest BCUT2D eigenvalue weighted by atomic mass is 32.1. The lowest BCUT2D eigenvalue weighted by Crippen LogP contribution is -2.19. The van der Waals surface area contributed by atoms with E-state index in [0.29, 0.717) is 17.1 Å². The number of hydrogen-bond acceptors (Lipinski definition) is 5. The minimum Gasteiger partial charge on any atom is -0.317 e. The van der Waals surface area contributed by atoms with Gasteiger partial charge >= 0.3 is 0 Å². The lowest BCUT2D eigenvalue weighted by atomic mass is 9.91. The Labute approximate surface area is 138 Å². The SMILES string of the molecule is CC(C)(C)c1cccc(C(=O)Nc2cn[nH]c2-c2nccs2)n1. The number of amides is 1. The molecular formula is C16H17N5OS. The number of hydrogen-bond donors (Lipinski definition) is 2.